The first-order valence-electron chi connectivity index (χ1n) is 8.36. The Labute approximate surface area is 142 Å². The fourth-order valence-corrected chi connectivity index (χ4v) is 5.07. The van der Waals surface area contributed by atoms with Crippen molar-refractivity contribution in [2.24, 2.45) is 17.8 Å². The molecule has 1 saturated carbocycles. The number of aromatic amines is 1. The third kappa shape index (κ3) is 2.45. The number of halogens is 1. The van der Waals surface area contributed by atoms with Crippen molar-refractivity contribution in [3.8, 4) is 0 Å². The van der Waals surface area contributed by atoms with Gasteiger partial charge in [0.2, 0.25) is 0 Å². The number of fused-ring (bicyclic) bond motifs is 1. The van der Waals surface area contributed by atoms with Crippen LogP contribution in [-0.4, -0.2) is 41.5 Å². The van der Waals surface area contributed by atoms with E-state index in [1.165, 1.54) is 32.5 Å². The minimum atomic E-state index is 0. The minimum Gasteiger partial charge on any atom is -0.361 e. The van der Waals surface area contributed by atoms with Gasteiger partial charge in [-0.15, -0.1) is 12.4 Å². The molecule has 1 amide bonds. The molecule has 6 rings (SSSR count). The summed E-state index contributed by atoms with van der Waals surface area (Å²) in [5.41, 5.74) is 1.86. The molecule has 3 aliphatic heterocycles. The molecule has 0 radical (unpaired) electrons. The van der Waals surface area contributed by atoms with Gasteiger partial charge in [-0.2, -0.15) is 0 Å². The zero-order chi connectivity index (χ0) is 14.7. The van der Waals surface area contributed by atoms with Crippen LogP contribution >= 0.6 is 12.4 Å². The number of rotatable bonds is 2. The van der Waals surface area contributed by atoms with Crippen molar-refractivity contribution in [2.75, 3.05) is 19.6 Å². The van der Waals surface area contributed by atoms with E-state index in [-0.39, 0.29) is 18.3 Å². The molecule has 23 heavy (non-hydrogen) atoms. The molecular weight excluding hydrogens is 310 g/mol. The maximum absolute atomic E-state index is 12.7. The topological polar surface area (TPSA) is 48.1 Å². The summed E-state index contributed by atoms with van der Waals surface area (Å²) in [7, 11) is 0. The van der Waals surface area contributed by atoms with Crippen LogP contribution in [0.2, 0.25) is 0 Å². The normalized spacial score (nSPS) is 34.3. The van der Waals surface area contributed by atoms with E-state index >= 15 is 0 Å². The number of carbonyl (C=O) groups is 1. The molecule has 1 aromatic heterocycles. The number of carbonyl (C=O) groups excluding carboxylic acids is 1. The third-order valence-corrected chi connectivity index (χ3v) is 5.90. The number of hydrogen-bond donors (Lipinski definition) is 2. The first kappa shape index (κ1) is 15.0. The summed E-state index contributed by atoms with van der Waals surface area (Å²) in [4.78, 5) is 18.4. The summed E-state index contributed by atoms with van der Waals surface area (Å²) in [6.07, 6.45) is 4.52. The summed E-state index contributed by atoms with van der Waals surface area (Å²) in [5.74, 6) is 2.29. The fourth-order valence-electron chi connectivity index (χ4n) is 5.07. The van der Waals surface area contributed by atoms with Gasteiger partial charge in [-0.1, -0.05) is 0 Å². The van der Waals surface area contributed by atoms with Gasteiger partial charge in [0.1, 0.15) is 0 Å². The van der Waals surface area contributed by atoms with E-state index in [9.17, 15) is 4.79 Å². The van der Waals surface area contributed by atoms with Crippen LogP contribution in [-0.2, 0) is 0 Å². The summed E-state index contributed by atoms with van der Waals surface area (Å²) in [6.45, 7) is 3.64. The Hall–Kier alpha value is -1.52. The van der Waals surface area contributed by atoms with Gasteiger partial charge >= 0.3 is 0 Å². The molecular formula is C18H22ClN3O. The summed E-state index contributed by atoms with van der Waals surface area (Å²) in [5, 5.41) is 4.46. The van der Waals surface area contributed by atoms with Gasteiger partial charge < -0.3 is 15.2 Å². The monoisotopic (exact) mass is 331 g/mol. The number of nitrogens with one attached hydrogen (secondary N) is 2. The van der Waals surface area contributed by atoms with Crippen LogP contribution < -0.4 is 5.32 Å². The van der Waals surface area contributed by atoms with Crippen LogP contribution in [0.15, 0.2) is 30.5 Å². The molecule has 5 heteroatoms. The number of hydrogen-bond acceptors (Lipinski definition) is 2. The smallest absolute Gasteiger partial charge is 0.251 e. The van der Waals surface area contributed by atoms with Crippen molar-refractivity contribution in [2.45, 2.75) is 18.9 Å². The molecule has 1 aromatic carbocycles. The van der Waals surface area contributed by atoms with Gasteiger partial charge in [-0.05, 0) is 54.9 Å². The average Bonchev–Trinajstić information content (AvgIpc) is 2.97. The van der Waals surface area contributed by atoms with Crippen molar-refractivity contribution in [1.82, 2.24) is 15.2 Å². The minimum absolute atomic E-state index is 0. The van der Waals surface area contributed by atoms with E-state index in [1.54, 1.807) is 0 Å². The molecule has 2 aromatic rings. The van der Waals surface area contributed by atoms with E-state index < -0.39 is 0 Å². The molecule has 4 bridgehead atoms. The van der Waals surface area contributed by atoms with Gasteiger partial charge in [-0.3, -0.25) is 4.79 Å². The molecule has 4 heterocycles. The summed E-state index contributed by atoms with van der Waals surface area (Å²) >= 11 is 0. The zero-order valence-corrected chi connectivity index (χ0v) is 13.8. The predicted molar refractivity (Wildman–Crippen MR) is 92.9 cm³/mol. The number of piperidine rings is 3. The molecule has 2 N–H and O–H groups in total. The Bertz CT molecular complexity index is 713. The highest BCUT2D eigenvalue weighted by Gasteiger charge is 2.47. The van der Waals surface area contributed by atoms with E-state index in [0.29, 0.717) is 17.9 Å². The number of amides is 1. The van der Waals surface area contributed by atoms with E-state index in [1.807, 2.05) is 30.5 Å². The molecule has 4 nitrogen and oxygen atoms in total. The molecule has 2 atom stereocenters. The molecule has 3 saturated heterocycles. The third-order valence-electron chi connectivity index (χ3n) is 5.90. The summed E-state index contributed by atoms with van der Waals surface area (Å²) in [6, 6.07) is 8.30. The maximum Gasteiger partial charge on any atom is 0.251 e. The van der Waals surface area contributed by atoms with Crippen molar-refractivity contribution in [3.63, 3.8) is 0 Å². The Balaban J connectivity index is 0.00000135. The van der Waals surface area contributed by atoms with Crippen molar-refractivity contribution >= 4 is 29.2 Å². The highest BCUT2D eigenvalue weighted by molar-refractivity contribution is 5.98. The van der Waals surface area contributed by atoms with Crippen LogP contribution in [0.4, 0.5) is 0 Å². The molecule has 4 fully saturated rings. The van der Waals surface area contributed by atoms with Gasteiger partial charge in [0, 0.05) is 48.3 Å². The quantitative estimate of drug-likeness (QED) is 0.888. The van der Waals surface area contributed by atoms with Crippen LogP contribution in [0.25, 0.3) is 10.9 Å². The number of H-pyrrole nitrogens is 1. The van der Waals surface area contributed by atoms with Crippen LogP contribution in [0.3, 0.4) is 0 Å². The van der Waals surface area contributed by atoms with Gasteiger partial charge in [0.05, 0.1) is 0 Å². The lowest BCUT2D eigenvalue weighted by atomic mass is 9.65. The van der Waals surface area contributed by atoms with Gasteiger partial charge in [0.15, 0.2) is 0 Å². The van der Waals surface area contributed by atoms with E-state index in [2.05, 4.69) is 15.2 Å². The average molecular weight is 332 g/mol. The highest BCUT2D eigenvalue weighted by Crippen LogP contribution is 2.43. The second-order valence-corrected chi connectivity index (χ2v) is 7.36. The van der Waals surface area contributed by atoms with E-state index in [0.717, 1.165) is 22.4 Å². The van der Waals surface area contributed by atoms with Crippen molar-refractivity contribution < 1.29 is 4.79 Å². The SMILES string of the molecule is Cl.O=C(NC1C2CC3CC1CN(C3)C2)c1ccc2[nH]ccc2c1. The van der Waals surface area contributed by atoms with Crippen molar-refractivity contribution in [1.29, 1.82) is 0 Å². The van der Waals surface area contributed by atoms with E-state index in [4.69, 9.17) is 0 Å². The van der Waals surface area contributed by atoms with Crippen molar-refractivity contribution in [3.05, 3.63) is 36.0 Å². The first-order valence-corrected chi connectivity index (χ1v) is 8.36. The Morgan fingerprint density at radius 2 is 1.91 bits per heavy atom. The number of benzene rings is 1. The van der Waals surface area contributed by atoms with Crippen LogP contribution in [0.5, 0.6) is 0 Å². The molecule has 1 aliphatic carbocycles. The second-order valence-electron chi connectivity index (χ2n) is 7.36. The number of aromatic nitrogens is 1. The Morgan fingerprint density at radius 3 is 2.65 bits per heavy atom. The highest BCUT2D eigenvalue weighted by atomic mass is 35.5. The lowest BCUT2D eigenvalue weighted by Gasteiger charge is -2.55. The van der Waals surface area contributed by atoms with Gasteiger partial charge in [-0.25, -0.2) is 0 Å². The maximum atomic E-state index is 12.7. The van der Waals surface area contributed by atoms with Gasteiger partial charge in [0.25, 0.3) is 5.91 Å². The Morgan fingerprint density at radius 1 is 1.13 bits per heavy atom. The molecule has 0 spiro atoms. The number of nitrogens with zero attached hydrogens (tertiary/aromatic N) is 1. The molecule has 4 aliphatic rings. The lowest BCUT2D eigenvalue weighted by molar-refractivity contribution is -0.0418. The molecule has 122 valence electrons. The Kier molecular flexibility index (Phi) is 3.62. The second kappa shape index (κ2) is 5.53. The largest absolute Gasteiger partial charge is 0.361 e. The first-order chi connectivity index (χ1) is 10.8. The fraction of sp³-hybridized carbons (Fsp3) is 0.500. The summed E-state index contributed by atoms with van der Waals surface area (Å²) < 4.78 is 0. The van der Waals surface area contributed by atoms with Crippen LogP contribution in [0, 0.1) is 17.8 Å². The lowest BCUT2D eigenvalue weighted by Crippen LogP contribution is -2.64. The molecule has 2 unspecified atom stereocenters. The zero-order valence-electron chi connectivity index (χ0n) is 13.0. The predicted octanol–water partition coefficient (Wildman–Crippen LogP) is 2.66. The van der Waals surface area contributed by atoms with Crippen LogP contribution in [0.1, 0.15) is 23.2 Å². The standard InChI is InChI=1S/C18H21N3O.ClH/c22-18(13-1-2-16-12(7-13)3-4-19-16)20-17-14-5-11-6-15(17)10-21(8-11)9-14;/h1-4,7,11,14-15,17,19H,5-6,8-10H2,(H,20,22);1H.